The molecule has 2 aliphatic heterocycles. The molecule has 2 heterocycles. The Balaban J connectivity index is 1.48. The molecule has 2 fully saturated rings. The smallest absolute Gasteiger partial charge is 0.410 e. The van der Waals surface area contributed by atoms with Crippen molar-refractivity contribution in [2.24, 2.45) is 0 Å². The zero-order chi connectivity index (χ0) is 18.4. The number of rotatable bonds is 3. The first-order chi connectivity index (χ1) is 12.6. The largest absolute Gasteiger partial charge is 0.415 e. The maximum atomic E-state index is 12.6. The minimum absolute atomic E-state index is 0.220. The number of hydrogen-bond acceptors (Lipinski definition) is 4. The molecule has 1 aromatic rings. The Bertz CT molecular complexity index is 608. The van der Waals surface area contributed by atoms with Crippen LogP contribution in [0.4, 0.5) is 4.79 Å². The highest BCUT2D eigenvalue weighted by Gasteiger charge is 2.26. The lowest BCUT2D eigenvalue weighted by Gasteiger charge is -2.35. The van der Waals surface area contributed by atoms with Gasteiger partial charge in [-0.25, -0.2) is 4.79 Å². The van der Waals surface area contributed by atoms with E-state index in [0.717, 1.165) is 32.4 Å². The number of amides is 2. The molecule has 0 radical (unpaired) electrons. The van der Waals surface area contributed by atoms with Crippen LogP contribution in [0.15, 0.2) is 30.3 Å². The van der Waals surface area contributed by atoms with Crippen molar-refractivity contribution in [3.63, 3.8) is 0 Å². The number of benzene rings is 1. The van der Waals surface area contributed by atoms with Crippen molar-refractivity contribution in [2.75, 3.05) is 39.3 Å². The van der Waals surface area contributed by atoms with Gasteiger partial charge >= 0.3 is 6.09 Å². The maximum Gasteiger partial charge on any atom is 0.415 e. The predicted octanol–water partition coefficient (Wildman–Crippen LogP) is 2.59. The van der Waals surface area contributed by atoms with Crippen molar-refractivity contribution in [3.8, 4) is 5.75 Å². The summed E-state index contributed by atoms with van der Waals surface area (Å²) in [6, 6.07) is 9.49. The summed E-state index contributed by atoms with van der Waals surface area (Å²) in [6.07, 6.45) is 3.97. The van der Waals surface area contributed by atoms with E-state index in [2.05, 4.69) is 11.8 Å². The van der Waals surface area contributed by atoms with Gasteiger partial charge in [-0.15, -0.1) is 0 Å². The van der Waals surface area contributed by atoms with Crippen molar-refractivity contribution < 1.29 is 14.3 Å². The molecule has 1 aromatic carbocycles. The molecule has 142 valence electrons. The van der Waals surface area contributed by atoms with Gasteiger partial charge in [0.15, 0.2) is 0 Å². The van der Waals surface area contributed by atoms with Crippen molar-refractivity contribution in [1.29, 1.82) is 0 Å². The van der Waals surface area contributed by atoms with Gasteiger partial charge in [-0.1, -0.05) is 18.2 Å². The van der Waals surface area contributed by atoms with Crippen molar-refractivity contribution in [3.05, 3.63) is 30.3 Å². The van der Waals surface area contributed by atoms with Crippen LogP contribution in [0, 0.1) is 0 Å². The van der Waals surface area contributed by atoms with E-state index < -0.39 is 0 Å². The van der Waals surface area contributed by atoms with E-state index in [0.29, 0.717) is 38.0 Å². The molecule has 6 heteroatoms. The second-order valence-electron chi connectivity index (χ2n) is 7.23. The van der Waals surface area contributed by atoms with Crippen molar-refractivity contribution in [2.45, 2.75) is 38.6 Å². The zero-order valence-electron chi connectivity index (χ0n) is 15.6. The molecule has 0 bridgehead atoms. The average Bonchev–Trinajstić information content (AvgIpc) is 2.88. The van der Waals surface area contributed by atoms with Crippen LogP contribution in [0.1, 0.15) is 32.6 Å². The van der Waals surface area contributed by atoms with E-state index in [4.69, 9.17) is 4.74 Å². The lowest BCUT2D eigenvalue weighted by atomic mass is 10.0. The molecule has 1 unspecified atom stereocenters. The number of carbonyl (C=O) groups is 2. The lowest BCUT2D eigenvalue weighted by Crippen LogP contribution is -2.47. The average molecular weight is 359 g/mol. The predicted molar refractivity (Wildman–Crippen MR) is 100 cm³/mol. The van der Waals surface area contributed by atoms with E-state index >= 15 is 0 Å². The van der Waals surface area contributed by atoms with Crippen LogP contribution in [0.3, 0.4) is 0 Å². The summed E-state index contributed by atoms with van der Waals surface area (Å²) in [7, 11) is 0. The van der Waals surface area contributed by atoms with Gasteiger partial charge in [0.2, 0.25) is 5.91 Å². The molecule has 3 rings (SSSR count). The molecule has 2 saturated heterocycles. The normalized spacial score (nSPS) is 22.0. The van der Waals surface area contributed by atoms with E-state index in [9.17, 15) is 9.59 Å². The number of likely N-dealkylation sites (tertiary alicyclic amines) is 1. The first-order valence-corrected chi connectivity index (χ1v) is 9.67. The van der Waals surface area contributed by atoms with Gasteiger partial charge in [0.1, 0.15) is 5.75 Å². The molecule has 26 heavy (non-hydrogen) atoms. The summed E-state index contributed by atoms with van der Waals surface area (Å²) in [4.78, 5) is 30.9. The summed E-state index contributed by atoms with van der Waals surface area (Å²) in [5.41, 5.74) is 0. The Morgan fingerprint density at radius 2 is 1.81 bits per heavy atom. The Labute approximate surface area is 155 Å². The third kappa shape index (κ3) is 4.97. The van der Waals surface area contributed by atoms with Gasteiger partial charge in [-0.2, -0.15) is 0 Å². The number of hydrogen-bond donors (Lipinski definition) is 0. The highest BCUT2D eigenvalue weighted by atomic mass is 16.6. The van der Waals surface area contributed by atoms with Gasteiger partial charge in [-0.05, 0) is 44.7 Å². The number of ether oxygens (including phenoxy) is 1. The number of para-hydroxylation sites is 1. The Hall–Kier alpha value is -2.08. The van der Waals surface area contributed by atoms with Gasteiger partial charge in [0.05, 0.1) is 6.54 Å². The molecule has 1 atom stereocenters. The van der Waals surface area contributed by atoms with Gasteiger partial charge in [0.25, 0.3) is 0 Å². The quantitative estimate of drug-likeness (QED) is 0.832. The minimum atomic E-state index is -0.311. The Morgan fingerprint density at radius 3 is 2.58 bits per heavy atom. The second kappa shape index (κ2) is 9.03. The second-order valence-corrected chi connectivity index (χ2v) is 7.23. The van der Waals surface area contributed by atoms with E-state index in [1.54, 1.807) is 17.0 Å². The molecule has 0 aromatic heterocycles. The van der Waals surface area contributed by atoms with Crippen LogP contribution in [-0.4, -0.2) is 72.0 Å². The fourth-order valence-electron chi connectivity index (χ4n) is 3.72. The molecule has 2 amide bonds. The van der Waals surface area contributed by atoms with Crippen LogP contribution in [0.2, 0.25) is 0 Å². The number of piperidine rings is 1. The molecule has 0 N–H and O–H groups in total. The summed E-state index contributed by atoms with van der Waals surface area (Å²) < 4.78 is 5.43. The SMILES string of the molecule is CC1CCCCN1C(=O)CN1CCCN(C(=O)Oc2ccccc2)CC1. The first-order valence-electron chi connectivity index (χ1n) is 9.67. The zero-order valence-corrected chi connectivity index (χ0v) is 15.6. The van der Waals surface area contributed by atoms with Gasteiger partial charge < -0.3 is 14.5 Å². The van der Waals surface area contributed by atoms with E-state index in [1.807, 2.05) is 23.1 Å². The summed E-state index contributed by atoms with van der Waals surface area (Å²) in [6.45, 7) is 6.27. The number of carbonyl (C=O) groups excluding carboxylic acids is 2. The fourth-order valence-corrected chi connectivity index (χ4v) is 3.72. The molecular formula is C20H29N3O3. The Kier molecular flexibility index (Phi) is 6.50. The van der Waals surface area contributed by atoms with Crippen LogP contribution >= 0.6 is 0 Å². The number of nitrogens with zero attached hydrogens (tertiary/aromatic N) is 3. The van der Waals surface area contributed by atoms with Crippen LogP contribution in [0.5, 0.6) is 5.75 Å². The standard InChI is InChI=1S/C20H29N3O3/c1-17-8-5-6-13-23(17)19(24)16-21-11-7-12-22(15-14-21)20(25)26-18-9-3-2-4-10-18/h2-4,9-10,17H,5-8,11-16H2,1H3. The van der Waals surface area contributed by atoms with Crippen LogP contribution < -0.4 is 4.74 Å². The lowest BCUT2D eigenvalue weighted by molar-refractivity contribution is -0.135. The van der Waals surface area contributed by atoms with Crippen LogP contribution in [-0.2, 0) is 4.79 Å². The molecule has 6 nitrogen and oxygen atoms in total. The first kappa shape index (κ1) is 18.7. The molecule has 0 aliphatic carbocycles. The summed E-state index contributed by atoms with van der Waals surface area (Å²) in [5, 5.41) is 0. The van der Waals surface area contributed by atoms with Crippen molar-refractivity contribution >= 4 is 12.0 Å². The minimum Gasteiger partial charge on any atom is -0.410 e. The van der Waals surface area contributed by atoms with Gasteiger partial charge in [0, 0.05) is 38.8 Å². The van der Waals surface area contributed by atoms with E-state index in [-0.39, 0.29) is 12.0 Å². The topological polar surface area (TPSA) is 53.1 Å². The molecule has 2 aliphatic rings. The summed E-state index contributed by atoms with van der Waals surface area (Å²) in [5.74, 6) is 0.783. The molecule has 0 saturated carbocycles. The highest BCUT2D eigenvalue weighted by Crippen LogP contribution is 2.17. The van der Waals surface area contributed by atoms with Crippen LogP contribution in [0.25, 0.3) is 0 Å². The maximum absolute atomic E-state index is 12.6. The van der Waals surface area contributed by atoms with E-state index in [1.165, 1.54) is 6.42 Å². The third-order valence-corrected chi connectivity index (χ3v) is 5.28. The summed E-state index contributed by atoms with van der Waals surface area (Å²) >= 11 is 0. The fraction of sp³-hybridized carbons (Fsp3) is 0.600. The monoisotopic (exact) mass is 359 g/mol. The Morgan fingerprint density at radius 1 is 1.00 bits per heavy atom. The van der Waals surface area contributed by atoms with Crippen molar-refractivity contribution in [1.82, 2.24) is 14.7 Å². The highest BCUT2D eigenvalue weighted by molar-refractivity contribution is 5.78. The van der Waals surface area contributed by atoms with Gasteiger partial charge in [-0.3, -0.25) is 9.69 Å². The third-order valence-electron chi connectivity index (χ3n) is 5.28. The molecular weight excluding hydrogens is 330 g/mol. The molecule has 0 spiro atoms.